The molecule has 1 aliphatic heterocycles. The summed E-state index contributed by atoms with van der Waals surface area (Å²) in [6.07, 6.45) is 0.234. The average Bonchev–Trinajstić information content (AvgIpc) is 3.20. The Kier molecular flexibility index (Phi) is 5.21. The molecule has 0 spiro atoms. The van der Waals surface area contributed by atoms with Crippen molar-refractivity contribution in [2.45, 2.75) is 12.3 Å². The van der Waals surface area contributed by atoms with E-state index in [9.17, 15) is 14.7 Å². The van der Waals surface area contributed by atoms with E-state index in [2.05, 4.69) is 0 Å². The predicted octanol–water partition coefficient (Wildman–Crippen LogP) is 3.72. The van der Waals surface area contributed by atoms with Gasteiger partial charge in [0.05, 0.1) is 19.4 Å². The fraction of sp³-hybridized carbons (Fsp3) is 0.250. The van der Waals surface area contributed by atoms with E-state index < -0.39 is 11.9 Å². The minimum atomic E-state index is -0.857. The second kappa shape index (κ2) is 7.95. The molecule has 0 radical (unpaired) electrons. The van der Waals surface area contributed by atoms with Crippen LogP contribution in [0.5, 0.6) is 5.75 Å². The quantitative estimate of drug-likeness (QED) is 0.722. The fourth-order valence-corrected chi connectivity index (χ4v) is 4.17. The van der Waals surface area contributed by atoms with Crippen molar-refractivity contribution < 1.29 is 19.4 Å². The molecular formula is C24H23NO4. The summed E-state index contributed by atoms with van der Waals surface area (Å²) in [5, 5.41) is 11.7. The van der Waals surface area contributed by atoms with Gasteiger partial charge < -0.3 is 14.7 Å². The van der Waals surface area contributed by atoms with Crippen LogP contribution in [0.15, 0.2) is 66.7 Å². The zero-order valence-corrected chi connectivity index (χ0v) is 16.2. The van der Waals surface area contributed by atoms with Gasteiger partial charge in [-0.3, -0.25) is 9.59 Å². The highest BCUT2D eigenvalue weighted by Gasteiger charge is 2.40. The molecule has 5 nitrogen and oxygen atoms in total. The van der Waals surface area contributed by atoms with Crippen molar-refractivity contribution in [1.29, 1.82) is 0 Å². The maximum atomic E-state index is 13.1. The first-order valence-corrected chi connectivity index (χ1v) is 9.68. The van der Waals surface area contributed by atoms with E-state index in [1.54, 1.807) is 12.0 Å². The van der Waals surface area contributed by atoms with E-state index in [1.807, 2.05) is 66.7 Å². The number of nitrogens with zero attached hydrogens (tertiary/aromatic N) is 1. The molecule has 0 aromatic heterocycles. The minimum Gasteiger partial charge on any atom is -0.497 e. The zero-order chi connectivity index (χ0) is 20.4. The predicted molar refractivity (Wildman–Crippen MR) is 111 cm³/mol. The molecule has 29 heavy (non-hydrogen) atoms. The molecule has 1 fully saturated rings. The standard InChI is InChI=1S/C24H23NO4/c1-29-19-11-10-17-8-5-9-18(20(17)13-19)12-23(26)25-14-21(22(15-25)24(27)28)16-6-3-2-4-7-16/h2-11,13,21-22H,12,14-15H2,1H3,(H,27,28)/t21-,22-/m0/s1. The highest BCUT2D eigenvalue weighted by molar-refractivity contribution is 5.91. The Morgan fingerprint density at radius 2 is 1.83 bits per heavy atom. The molecule has 3 aromatic carbocycles. The number of carboxylic acid groups (broad SMARTS) is 1. The van der Waals surface area contributed by atoms with E-state index in [0.717, 1.165) is 27.6 Å². The number of aliphatic carboxylic acids is 1. The molecule has 1 amide bonds. The van der Waals surface area contributed by atoms with Crippen LogP contribution < -0.4 is 4.74 Å². The van der Waals surface area contributed by atoms with Gasteiger partial charge in [0.2, 0.25) is 5.91 Å². The van der Waals surface area contributed by atoms with Crippen LogP contribution in [0.2, 0.25) is 0 Å². The summed E-state index contributed by atoms with van der Waals surface area (Å²) >= 11 is 0. The molecule has 3 aromatic rings. The number of ether oxygens (including phenoxy) is 1. The van der Waals surface area contributed by atoms with Crippen LogP contribution >= 0.6 is 0 Å². The lowest BCUT2D eigenvalue weighted by Crippen LogP contribution is -2.31. The van der Waals surface area contributed by atoms with Gasteiger partial charge in [0.15, 0.2) is 0 Å². The van der Waals surface area contributed by atoms with Crippen LogP contribution in [0.4, 0.5) is 0 Å². The van der Waals surface area contributed by atoms with Crippen LogP contribution in [0.1, 0.15) is 17.0 Å². The minimum absolute atomic E-state index is 0.0509. The highest BCUT2D eigenvalue weighted by atomic mass is 16.5. The Morgan fingerprint density at radius 3 is 2.55 bits per heavy atom. The SMILES string of the molecule is COc1ccc2cccc(CC(=O)N3C[C@H](C(=O)O)[C@H](c4ccccc4)C3)c2c1. The van der Waals surface area contributed by atoms with Crippen molar-refractivity contribution in [3.63, 3.8) is 0 Å². The number of rotatable bonds is 5. The molecule has 0 bridgehead atoms. The Balaban J connectivity index is 1.58. The summed E-state index contributed by atoms with van der Waals surface area (Å²) in [6, 6.07) is 21.3. The third-order valence-electron chi connectivity index (χ3n) is 5.74. The first-order valence-electron chi connectivity index (χ1n) is 9.68. The topological polar surface area (TPSA) is 66.8 Å². The number of hydrogen-bond acceptors (Lipinski definition) is 3. The number of amides is 1. The van der Waals surface area contributed by atoms with Gasteiger partial charge in [0.25, 0.3) is 0 Å². The number of carbonyl (C=O) groups is 2. The second-order valence-corrected chi connectivity index (χ2v) is 7.44. The summed E-state index contributed by atoms with van der Waals surface area (Å²) in [6.45, 7) is 0.662. The van der Waals surface area contributed by atoms with Crippen molar-refractivity contribution in [3.05, 3.63) is 77.9 Å². The monoisotopic (exact) mass is 389 g/mol. The van der Waals surface area contributed by atoms with Gasteiger partial charge in [-0.1, -0.05) is 54.6 Å². The van der Waals surface area contributed by atoms with E-state index in [4.69, 9.17) is 4.74 Å². The fourth-order valence-electron chi connectivity index (χ4n) is 4.17. The van der Waals surface area contributed by atoms with Gasteiger partial charge in [-0.05, 0) is 34.0 Å². The number of carboxylic acids is 1. The van der Waals surface area contributed by atoms with Gasteiger partial charge in [-0.25, -0.2) is 0 Å². The molecule has 4 rings (SSSR count). The summed E-state index contributed by atoms with van der Waals surface area (Å²) in [5.41, 5.74) is 1.88. The smallest absolute Gasteiger partial charge is 0.308 e. The molecule has 0 unspecified atom stereocenters. The van der Waals surface area contributed by atoms with E-state index in [1.165, 1.54) is 0 Å². The van der Waals surface area contributed by atoms with Crippen molar-refractivity contribution in [2.75, 3.05) is 20.2 Å². The molecule has 1 saturated heterocycles. The molecule has 1 N–H and O–H groups in total. The number of carbonyl (C=O) groups excluding carboxylic acids is 1. The molecule has 1 heterocycles. The number of hydrogen-bond donors (Lipinski definition) is 1. The van der Waals surface area contributed by atoms with Crippen molar-refractivity contribution in [1.82, 2.24) is 4.90 Å². The number of fused-ring (bicyclic) bond motifs is 1. The lowest BCUT2D eigenvalue weighted by atomic mass is 9.89. The molecule has 1 aliphatic rings. The Bertz CT molecular complexity index is 1050. The molecular weight excluding hydrogens is 366 g/mol. The van der Waals surface area contributed by atoms with E-state index in [0.29, 0.717) is 6.54 Å². The first kappa shape index (κ1) is 19.0. The first-order chi connectivity index (χ1) is 14.1. The third-order valence-corrected chi connectivity index (χ3v) is 5.74. The lowest BCUT2D eigenvalue weighted by molar-refractivity contribution is -0.141. The van der Waals surface area contributed by atoms with Gasteiger partial charge in [0, 0.05) is 19.0 Å². The molecule has 148 valence electrons. The van der Waals surface area contributed by atoms with Gasteiger partial charge in [-0.2, -0.15) is 0 Å². The highest BCUT2D eigenvalue weighted by Crippen LogP contribution is 2.33. The van der Waals surface area contributed by atoms with Crippen LogP contribution in [-0.4, -0.2) is 42.1 Å². The number of methoxy groups -OCH3 is 1. The van der Waals surface area contributed by atoms with Crippen LogP contribution in [-0.2, 0) is 16.0 Å². The molecule has 2 atom stereocenters. The van der Waals surface area contributed by atoms with Crippen LogP contribution in [0.3, 0.4) is 0 Å². The zero-order valence-electron chi connectivity index (χ0n) is 16.2. The number of benzene rings is 3. The molecule has 0 saturated carbocycles. The van der Waals surface area contributed by atoms with E-state index >= 15 is 0 Å². The van der Waals surface area contributed by atoms with E-state index in [-0.39, 0.29) is 24.8 Å². The normalized spacial score (nSPS) is 18.7. The van der Waals surface area contributed by atoms with Crippen molar-refractivity contribution in [2.24, 2.45) is 5.92 Å². The summed E-state index contributed by atoms with van der Waals surface area (Å²) in [7, 11) is 1.62. The van der Waals surface area contributed by atoms with Gasteiger partial charge in [-0.15, -0.1) is 0 Å². The van der Waals surface area contributed by atoms with Crippen LogP contribution in [0, 0.1) is 5.92 Å². The Hall–Kier alpha value is -3.34. The third kappa shape index (κ3) is 3.81. The molecule has 0 aliphatic carbocycles. The average molecular weight is 389 g/mol. The van der Waals surface area contributed by atoms with Gasteiger partial charge in [0.1, 0.15) is 5.75 Å². The summed E-state index contributed by atoms with van der Waals surface area (Å²) in [4.78, 5) is 26.6. The summed E-state index contributed by atoms with van der Waals surface area (Å²) < 4.78 is 5.32. The largest absolute Gasteiger partial charge is 0.497 e. The maximum Gasteiger partial charge on any atom is 0.308 e. The Morgan fingerprint density at radius 1 is 1.03 bits per heavy atom. The second-order valence-electron chi connectivity index (χ2n) is 7.44. The van der Waals surface area contributed by atoms with Crippen molar-refractivity contribution >= 4 is 22.6 Å². The van der Waals surface area contributed by atoms with Crippen LogP contribution in [0.25, 0.3) is 10.8 Å². The molecule has 5 heteroatoms. The maximum absolute atomic E-state index is 13.1. The number of likely N-dealkylation sites (tertiary alicyclic amines) is 1. The lowest BCUT2D eigenvalue weighted by Gasteiger charge is -2.17. The van der Waals surface area contributed by atoms with Crippen molar-refractivity contribution in [3.8, 4) is 5.75 Å². The Labute approximate surface area is 169 Å². The van der Waals surface area contributed by atoms with Gasteiger partial charge >= 0.3 is 5.97 Å². The summed E-state index contributed by atoms with van der Waals surface area (Å²) in [5.74, 6) is -0.943.